The second-order valence-corrected chi connectivity index (χ2v) is 10.3. The minimum Gasteiger partial charge on any atom is -0.489 e. The van der Waals surface area contributed by atoms with Gasteiger partial charge >= 0.3 is 0 Å². The van der Waals surface area contributed by atoms with Crippen LogP contribution >= 0.6 is 0 Å². The van der Waals surface area contributed by atoms with E-state index in [4.69, 9.17) is 9.47 Å². The summed E-state index contributed by atoms with van der Waals surface area (Å²) in [6, 6.07) is 11.3. The highest BCUT2D eigenvalue weighted by atomic mass is 16.5. The predicted molar refractivity (Wildman–Crippen MR) is 143 cm³/mol. The van der Waals surface area contributed by atoms with Gasteiger partial charge < -0.3 is 19.3 Å². The zero-order chi connectivity index (χ0) is 25.4. The van der Waals surface area contributed by atoms with E-state index >= 15 is 0 Å². The SMILES string of the molecule is Bc1cc(C(B)(B)N2CCOCC2)ccc1COc1cccc2c1CN(C1CCC(=O)NC1=O)C2=O. The van der Waals surface area contributed by atoms with Gasteiger partial charge in [-0.2, -0.15) is 0 Å². The topological polar surface area (TPSA) is 88.2 Å². The predicted octanol–water partition coefficient (Wildman–Crippen LogP) is -2.01. The minimum atomic E-state index is -0.639. The molecule has 0 saturated carbocycles. The highest BCUT2D eigenvalue weighted by molar-refractivity contribution is 6.40. The van der Waals surface area contributed by atoms with Gasteiger partial charge in [0.15, 0.2) is 0 Å². The molecule has 2 saturated heterocycles. The highest BCUT2D eigenvalue weighted by Gasteiger charge is 2.40. The first-order chi connectivity index (χ1) is 17.3. The lowest BCUT2D eigenvalue weighted by molar-refractivity contribution is -0.136. The fourth-order valence-electron chi connectivity index (χ4n) is 5.39. The molecule has 36 heavy (non-hydrogen) atoms. The van der Waals surface area contributed by atoms with Crippen molar-refractivity contribution in [3.63, 3.8) is 0 Å². The van der Waals surface area contributed by atoms with Gasteiger partial charge in [0.25, 0.3) is 5.91 Å². The molecule has 3 aliphatic heterocycles. The summed E-state index contributed by atoms with van der Waals surface area (Å²) in [5.41, 5.74) is 4.84. The van der Waals surface area contributed by atoms with Gasteiger partial charge in [0.2, 0.25) is 11.8 Å². The molecule has 2 aromatic carbocycles. The molecule has 2 aromatic rings. The van der Waals surface area contributed by atoms with Crippen LogP contribution in [0.15, 0.2) is 36.4 Å². The Balaban J connectivity index is 1.30. The second-order valence-electron chi connectivity index (χ2n) is 10.3. The molecule has 0 spiro atoms. The van der Waals surface area contributed by atoms with E-state index in [1.807, 2.05) is 6.07 Å². The molecule has 3 heterocycles. The number of nitrogens with zero attached hydrogens (tertiary/aromatic N) is 2. The number of imide groups is 1. The van der Waals surface area contributed by atoms with Crippen molar-refractivity contribution in [3.05, 3.63) is 58.7 Å². The van der Waals surface area contributed by atoms with E-state index in [-0.39, 0.29) is 23.6 Å². The minimum absolute atomic E-state index is 0.0893. The van der Waals surface area contributed by atoms with Crippen LogP contribution in [0.4, 0.5) is 0 Å². The summed E-state index contributed by atoms with van der Waals surface area (Å²) >= 11 is 0. The zero-order valence-corrected chi connectivity index (χ0v) is 21.1. The van der Waals surface area contributed by atoms with Crippen molar-refractivity contribution in [1.29, 1.82) is 0 Å². The van der Waals surface area contributed by atoms with Crippen LogP contribution in [0.3, 0.4) is 0 Å². The van der Waals surface area contributed by atoms with Crippen LogP contribution in [-0.4, -0.2) is 83.4 Å². The molecule has 1 N–H and O–H groups in total. The molecule has 3 amide bonds. The van der Waals surface area contributed by atoms with E-state index in [1.165, 1.54) is 5.56 Å². The Kier molecular flexibility index (Phi) is 6.70. The average molecular weight is 485 g/mol. The Morgan fingerprint density at radius 2 is 1.89 bits per heavy atom. The Morgan fingerprint density at radius 3 is 2.61 bits per heavy atom. The molecule has 1 unspecified atom stereocenters. The summed E-state index contributed by atoms with van der Waals surface area (Å²) in [6.07, 6.45) is 0.574. The Labute approximate surface area is 213 Å². The number of nitrogens with one attached hydrogen (secondary N) is 1. The summed E-state index contributed by atoms with van der Waals surface area (Å²) in [7, 11) is 6.60. The van der Waals surface area contributed by atoms with Crippen molar-refractivity contribution in [3.8, 4) is 5.75 Å². The van der Waals surface area contributed by atoms with Crippen LogP contribution in [0.1, 0.15) is 39.9 Å². The highest BCUT2D eigenvalue weighted by Crippen LogP contribution is 2.34. The summed E-state index contributed by atoms with van der Waals surface area (Å²) < 4.78 is 11.7. The monoisotopic (exact) mass is 485 g/mol. The molecule has 0 aliphatic carbocycles. The molecule has 3 aliphatic rings. The summed E-state index contributed by atoms with van der Waals surface area (Å²) in [5.74, 6) is -0.256. The van der Waals surface area contributed by atoms with Crippen molar-refractivity contribution >= 4 is 46.7 Å². The largest absolute Gasteiger partial charge is 0.489 e. The van der Waals surface area contributed by atoms with E-state index in [1.54, 1.807) is 17.0 Å². The summed E-state index contributed by atoms with van der Waals surface area (Å²) in [4.78, 5) is 40.9. The molecule has 11 heteroatoms. The van der Waals surface area contributed by atoms with E-state index in [2.05, 4.69) is 52.0 Å². The van der Waals surface area contributed by atoms with Gasteiger partial charge in [-0.05, 0) is 35.0 Å². The number of amides is 3. The lowest BCUT2D eigenvalue weighted by atomic mass is 9.56. The van der Waals surface area contributed by atoms with Crippen LogP contribution in [0.2, 0.25) is 0 Å². The maximum Gasteiger partial charge on any atom is 0.255 e. The third kappa shape index (κ3) is 4.57. The molecule has 1 atom stereocenters. The fraction of sp³-hybridized carbons (Fsp3) is 0.400. The number of hydrogen-bond donors (Lipinski definition) is 1. The van der Waals surface area contributed by atoms with Crippen LogP contribution in [0.5, 0.6) is 5.75 Å². The van der Waals surface area contributed by atoms with Crippen molar-refractivity contribution in [2.24, 2.45) is 0 Å². The van der Waals surface area contributed by atoms with Crippen LogP contribution in [0, 0.1) is 0 Å². The number of piperidine rings is 1. The number of fused-ring (bicyclic) bond motifs is 1. The number of rotatable bonds is 6. The fourth-order valence-corrected chi connectivity index (χ4v) is 5.39. The quantitative estimate of drug-likeness (QED) is 0.377. The Morgan fingerprint density at radius 1 is 1.11 bits per heavy atom. The average Bonchev–Trinajstić information content (AvgIpc) is 3.20. The Bertz CT molecular complexity index is 1220. The number of carbonyl (C=O) groups excluding carboxylic acids is 3. The summed E-state index contributed by atoms with van der Waals surface area (Å²) in [5, 5.41) is 2.26. The first-order valence-electron chi connectivity index (χ1n) is 12.6. The van der Waals surface area contributed by atoms with Gasteiger partial charge in [-0.25, -0.2) is 0 Å². The van der Waals surface area contributed by atoms with E-state index in [0.29, 0.717) is 30.9 Å². The van der Waals surface area contributed by atoms with Gasteiger partial charge in [0.05, 0.1) is 19.8 Å². The van der Waals surface area contributed by atoms with Crippen LogP contribution in [-0.2, 0) is 32.8 Å². The molecule has 184 valence electrons. The first-order valence-corrected chi connectivity index (χ1v) is 12.6. The van der Waals surface area contributed by atoms with Gasteiger partial charge in [-0.15, -0.1) is 0 Å². The molecule has 0 bridgehead atoms. The van der Waals surface area contributed by atoms with E-state index < -0.39 is 11.9 Å². The number of ether oxygens (including phenoxy) is 2. The molecule has 2 fully saturated rings. The molecular formula is C25H30B3N3O5. The number of carbonyl (C=O) groups is 3. The third-order valence-electron chi connectivity index (χ3n) is 7.77. The lowest BCUT2D eigenvalue weighted by Gasteiger charge is -2.42. The maximum absolute atomic E-state index is 13.1. The molecular weight excluding hydrogens is 455 g/mol. The molecule has 8 nitrogen and oxygen atoms in total. The van der Waals surface area contributed by atoms with E-state index in [9.17, 15) is 14.4 Å². The van der Waals surface area contributed by atoms with Gasteiger partial charge in [0, 0.05) is 30.6 Å². The van der Waals surface area contributed by atoms with Crippen LogP contribution in [0.25, 0.3) is 0 Å². The van der Waals surface area contributed by atoms with Gasteiger partial charge in [-0.3, -0.25) is 19.7 Å². The van der Waals surface area contributed by atoms with Crippen molar-refractivity contribution in [1.82, 2.24) is 15.1 Å². The molecule has 5 rings (SSSR count). The number of benzene rings is 2. The van der Waals surface area contributed by atoms with Crippen LogP contribution < -0.4 is 15.5 Å². The third-order valence-corrected chi connectivity index (χ3v) is 7.77. The van der Waals surface area contributed by atoms with E-state index in [0.717, 1.165) is 42.9 Å². The van der Waals surface area contributed by atoms with Gasteiger partial charge in [0.1, 0.15) is 41.9 Å². The smallest absolute Gasteiger partial charge is 0.255 e. The standard InChI is InChI=1S/C25H30B3N3O5/c26-19-12-16(25(27,28)30-8-10-35-11-9-30)5-4-15(19)14-36-21-3-1-2-17-18(21)13-31(24(17)34)20-6-7-22(32)29-23(20)33/h1-5,12,20H,6-11,13-14,26-28H2,(H,29,32,33). The number of hydrogen-bond acceptors (Lipinski definition) is 6. The normalized spacial score (nSPS) is 20.8. The molecule has 0 aromatic heterocycles. The maximum atomic E-state index is 13.1. The lowest BCUT2D eigenvalue weighted by Crippen LogP contribution is -2.52. The first kappa shape index (κ1) is 24.7. The van der Waals surface area contributed by atoms with Crippen molar-refractivity contribution < 1.29 is 23.9 Å². The molecule has 0 radical (unpaired) electrons. The van der Waals surface area contributed by atoms with Gasteiger partial charge in [-0.1, -0.05) is 29.7 Å². The van der Waals surface area contributed by atoms with Crippen molar-refractivity contribution in [2.45, 2.75) is 37.4 Å². The summed E-state index contributed by atoms with van der Waals surface area (Å²) in [6.45, 7) is 4.04. The van der Waals surface area contributed by atoms with Crippen molar-refractivity contribution in [2.75, 3.05) is 26.3 Å². The number of morpholine rings is 1. The second kappa shape index (κ2) is 9.79. The Hall–Kier alpha value is -3.04. The zero-order valence-electron chi connectivity index (χ0n) is 21.1.